The van der Waals surface area contributed by atoms with Crippen LogP contribution >= 0.6 is 0 Å². The number of urea groups is 1. The van der Waals surface area contributed by atoms with Crippen molar-refractivity contribution in [2.75, 3.05) is 25.0 Å². The molecule has 0 aromatic heterocycles. The van der Waals surface area contributed by atoms with Crippen LogP contribution in [-0.2, 0) is 4.79 Å². The number of halogens is 1. The van der Waals surface area contributed by atoms with Gasteiger partial charge in [0.2, 0.25) is 0 Å². The van der Waals surface area contributed by atoms with Crippen molar-refractivity contribution in [3.8, 4) is 0 Å². The van der Waals surface area contributed by atoms with Crippen LogP contribution in [0.3, 0.4) is 0 Å². The Morgan fingerprint density at radius 1 is 1.33 bits per heavy atom. The first-order chi connectivity index (χ1) is 8.49. The van der Waals surface area contributed by atoms with Gasteiger partial charge in [0.15, 0.2) is 0 Å². The van der Waals surface area contributed by atoms with Crippen LogP contribution in [0.5, 0.6) is 0 Å². The Bertz CT molecular complexity index is 475. The highest BCUT2D eigenvalue weighted by atomic mass is 19.1. The summed E-state index contributed by atoms with van der Waals surface area (Å²) in [4.78, 5) is 25.7. The molecule has 1 aliphatic rings. The molecule has 0 aliphatic carbocycles. The highest BCUT2D eigenvalue weighted by Gasteiger charge is 2.34. The standard InChI is InChI=1S/C12H13FN2O3/c1-14-6-8(11(16)17)7-15(12(14)18)10-4-2-9(13)3-5-10/h2-5,8H,6-7H2,1H3,(H,16,17). The van der Waals surface area contributed by atoms with Crippen molar-refractivity contribution in [1.29, 1.82) is 0 Å². The van der Waals surface area contributed by atoms with E-state index >= 15 is 0 Å². The Kier molecular flexibility index (Phi) is 3.18. The van der Waals surface area contributed by atoms with Gasteiger partial charge in [-0.15, -0.1) is 0 Å². The minimum absolute atomic E-state index is 0.101. The fourth-order valence-corrected chi connectivity index (χ4v) is 1.96. The van der Waals surface area contributed by atoms with Gasteiger partial charge in [-0.25, -0.2) is 9.18 Å². The molecule has 2 rings (SSSR count). The summed E-state index contributed by atoms with van der Waals surface area (Å²) in [6, 6.07) is 5.13. The van der Waals surface area contributed by atoms with Gasteiger partial charge in [0.25, 0.3) is 0 Å². The van der Waals surface area contributed by atoms with Crippen LogP contribution in [0.25, 0.3) is 0 Å². The van der Waals surface area contributed by atoms with E-state index in [1.807, 2.05) is 0 Å². The van der Waals surface area contributed by atoms with Gasteiger partial charge in [0, 0.05) is 25.8 Å². The van der Waals surface area contributed by atoms with Gasteiger partial charge < -0.3 is 10.0 Å². The SMILES string of the molecule is CN1CC(C(=O)O)CN(c2ccc(F)cc2)C1=O. The van der Waals surface area contributed by atoms with Crippen LogP contribution < -0.4 is 4.90 Å². The maximum atomic E-state index is 12.8. The van der Waals surface area contributed by atoms with E-state index in [4.69, 9.17) is 5.11 Å². The molecule has 0 saturated carbocycles. The zero-order valence-electron chi connectivity index (χ0n) is 9.84. The summed E-state index contributed by atoms with van der Waals surface area (Å²) in [6.45, 7) is 0.288. The quantitative estimate of drug-likeness (QED) is 0.865. The molecule has 0 radical (unpaired) electrons. The Balaban J connectivity index is 2.27. The van der Waals surface area contributed by atoms with Crippen LogP contribution in [0, 0.1) is 11.7 Å². The maximum Gasteiger partial charge on any atom is 0.324 e. The lowest BCUT2D eigenvalue weighted by Gasteiger charge is -2.36. The monoisotopic (exact) mass is 252 g/mol. The maximum absolute atomic E-state index is 12.8. The third-order valence-electron chi connectivity index (χ3n) is 2.94. The second-order valence-electron chi connectivity index (χ2n) is 4.29. The van der Waals surface area contributed by atoms with E-state index in [1.54, 1.807) is 7.05 Å². The summed E-state index contributed by atoms with van der Waals surface area (Å²) in [6.07, 6.45) is 0. The predicted molar refractivity (Wildman–Crippen MR) is 62.9 cm³/mol. The molecule has 18 heavy (non-hydrogen) atoms. The van der Waals surface area contributed by atoms with Crippen molar-refractivity contribution in [2.45, 2.75) is 0 Å². The highest BCUT2D eigenvalue weighted by molar-refractivity contribution is 5.94. The number of nitrogens with zero attached hydrogens (tertiary/aromatic N) is 2. The number of carboxylic acids is 1. The van der Waals surface area contributed by atoms with Crippen molar-refractivity contribution < 1.29 is 19.1 Å². The van der Waals surface area contributed by atoms with E-state index < -0.39 is 17.7 Å². The van der Waals surface area contributed by atoms with Crippen molar-refractivity contribution >= 4 is 17.7 Å². The number of rotatable bonds is 2. The molecule has 1 heterocycles. The minimum Gasteiger partial charge on any atom is -0.481 e. The highest BCUT2D eigenvalue weighted by Crippen LogP contribution is 2.22. The van der Waals surface area contributed by atoms with E-state index in [-0.39, 0.29) is 19.1 Å². The second kappa shape index (κ2) is 4.64. The van der Waals surface area contributed by atoms with Crippen LogP contribution in [0.15, 0.2) is 24.3 Å². The second-order valence-corrected chi connectivity index (χ2v) is 4.29. The molecule has 1 atom stereocenters. The number of aliphatic carboxylic acids is 1. The zero-order valence-corrected chi connectivity index (χ0v) is 9.84. The van der Waals surface area contributed by atoms with E-state index in [0.29, 0.717) is 5.69 Å². The van der Waals surface area contributed by atoms with E-state index in [2.05, 4.69) is 0 Å². The Hall–Kier alpha value is -2.11. The topological polar surface area (TPSA) is 60.9 Å². The first kappa shape index (κ1) is 12.3. The molecule has 1 saturated heterocycles. The molecule has 1 unspecified atom stereocenters. The first-order valence-electron chi connectivity index (χ1n) is 5.50. The summed E-state index contributed by atoms with van der Waals surface area (Å²) in [5.41, 5.74) is 0.499. The van der Waals surface area contributed by atoms with Crippen LogP contribution in [0.4, 0.5) is 14.9 Å². The molecule has 1 aromatic rings. The number of amides is 2. The van der Waals surface area contributed by atoms with Crippen LogP contribution in [0.1, 0.15) is 0 Å². The summed E-state index contributed by atoms with van der Waals surface area (Å²) in [5.74, 6) is -1.98. The van der Waals surface area contributed by atoms with Gasteiger partial charge in [-0.05, 0) is 24.3 Å². The summed E-state index contributed by atoms with van der Waals surface area (Å²) < 4.78 is 12.8. The van der Waals surface area contributed by atoms with Gasteiger partial charge in [0.05, 0.1) is 5.92 Å². The van der Waals surface area contributed by atoms with Crippen LogP contribution in [-0.4, -0.2) is 42.1 Å². The third kappa shape index (κ3) is 2.27. The predicted octanol–water partition coefficient (Wildman–Crippen LogP) is 1.40. The number of carbonyl (C=O) groups excluding carboxylic acids is 1. The lowest BCUT2D eigenvalue weighted by Crippen LogP contribution is -2.54. The van der Waals surface area contributed by atoms with Crippen molar-refractivity contribution in [2.24, 2.45) is 5.92 Å². The summed E-state index contributed by atoms with van der Waals surface area (Å²) >= 11 is 0. The number of benzene rings is 1. The smallest absolute Gasteiger partial charge is 0.324 e. The zero-order chi connectivity index (χ0) is 13.3. The van der Waals surface area contributed by atoms with E-state index in [1.165, 1.54) is 34.1 Å². The first-order valence-corrected chi connectivity index (χ1v) is 5.50. The molecule has 96 valence electrons. The summed E-state index contributed by atoms with van der Waals surface area (Å²) in [7, 11) is 1.55. The molecule has 5 nitrogen and oxygen atoms in total. The molecular weight excluding hydrogens is 239 g/mol. The minimum atomic E-state index is -0.943. The van der Waals surface area contributed by atoms with Crippen molar-refractivity contribution in [3.05, 3.63) is 30.1 Å². The molecule has 1 aliphatic heterocycles. The Labute approximate surface area is 103 Å². The molecule has 1 N–H and O–H groups in total. The fourth-order valence-electron chi connectivity index (χ4n) is 1.96. The van der Waals surface area contributed by atoms with Gasteiger partial charge in [-0.2, -0.15) is 0 Å². The number of hydrogen-bond acceptors (Lipinski definition) is 2. The molecule has 2 amide bonds. The van der Waals surface area contributed by atoms with Gasteiger partial charge in [0.1, 0.15) is 5.82 Å². The normalized spacial score (nSPS) is 20.1. The lowest BCUT2D eigenvalue weighted by atomic mass is 10.1. The van der Waals surface area contributed by atoms with Gasteiger partial charge in [-0.1, -0.05) is 0 Å². The van der Waals surface area contributed by atoms with E-state index in [9.17, 15) is 14.0 Å². The van der Waals surface area contributed by atoms with Crippen molar-refractivity contribution in [3.63, 3.8) is 0 Å². The van der Waals surface area contributed by atoms with Crippen molar-refractivity contribution in [1.82, 2.24) is 4.90 Å². The average molecular weight is 252 g/mol. The number of hydrogen-bond donors (Lipinski definition) is 1. The molecular formula is C12H13FN2O3. The molecule has 1 aromatic carbocycles. The van der Waals surface area contributed by atoms with E-state index in [0.717, 1.165) is 0 Å². The number of carbonyl (C=O) groups is 2. The van der Waals surface area contributed by atoms with Gasteiger partial charge >= 0.3 is 12.0 Å². The number of carboxylic acid groups (broad SMARTS) is 1. The average Bonchev–Trinajstić information content (AvgIpc) is 2.33. The molecule has 0 bridgehead atoms. The molecule has 0 spiro atoms. The molecule has 6 heteroatoms. The lowest BCUT2D eigenvalue weighted by molar-refractivity contribution is -0.141. The third-order valence-corrected chi connectivity index (χ3v) is 2.94. The Morgan fingerprint density at radius 3 is 2.50 bits per heavy atom. The Morgan fingerprint density at radius 2 is 1.94 bits per heavy atom. The molecule has 1 fully saturated rings. The number of anilines is 1. The largest absolute Gasteiger partial charge is 0.481 e. The van der Waals surface area contributed by atoms with Gasteiger partial charge in [-0.3, -0.25) is 9.69 Å². The summed E-state index contributed by atoms with van der Waals surface area (Å²) in [5, 5.41) is 9.03. The van der Waals surface area contributed by atoms with Crippen LogP contribution in [0.2, 0.25) is 0 Å². The fraction of sp³-hybridized carbons (Fsp3) is 0.333.